The molecule has 1 fully saturated rings. The van der Waals surface area contributed by atoms with Gasteiger partial charge in [0.15, 0.2) is 0 Å². The fourth-order valence-electron chi connectivity index (χ4n) is 2.63. The van der Waals surface area contributed by atoms with Gasteiger partial charge in [-0.05, 0) is 31.9 Å². The Bertz CT molecular complexity index is 600. The van der Waals surface area contributed by atoms with E-state index >= 15 is 0 Å². The van der Waals surface area contributed by atoms with E-state index in [4.69, 9.17) is 5.11 Å². The zero-order valence-corrected chi connectivity index (χ0v) is 13.7. The number of nitrogens with one attached hydrogen (secondary N) is 2. The van der Waals surface area contributed by atoms with Crippen molar-refractivity contribution in [2.24, 2.45) is 5.92 Å². The fraction of sp³-hybridized carbons (Fsp3) is 0.471. The molecule has 24 heavy (non-hydrogen) atoms. The largest absolute Gasteiger partial charge is 0.481 e. The van der Waals surface area contributed by atoms with Crippen LogP contribution < -0.4 is 10.6 Å². The van der Waals surface area contributed by atoms with Gasteiger partial charge in [0.05, 0.1) is 5.92 Å². The quantitative estimate of drug-likeness (QED) is 0.706. The molecule has 0 spiro atoms. The number of benzene rings is 1. The van der Waals surface area contributed by atoms with E-state index in [1.165, 1.54) is 4.90 Å². The number of piperidine rings is 1. The second-order valence-corrected chi connectivity index (χ2v) is 5.98. The minimum atomic E-state index is -0.863. The SMILES string of the molecule is Cc1ccc(C(=O)NCCNC(=O)N2CCCC(C(=O)O)C2)cc1. The van der Waals surface area contributed by atoms with Gasteiger partial charge in [-0.25, -0.2) is 4.79 Å². The number of carboxylic acids is 1. The van der Waals surface area contributed by atoms with Crippen molar-refractivity contribution < 1.29 is 19.5 Å². The average Bonchev–Trinajstić information content (AvgIpc) is 2.59. The van der Waals surface area contributed by atoms with Gasteiger partial charge in [0.25, 0.3) is 5.91 Å². The van der Waals surface area contributed by atoms with Crippen LogP contribution in [0.1, 0.15) is 28.8 Å². The number of hydrogen-bond donors (Lipinski definition) is 3. The Hall–Kier alpha value is -2.57. The molecule has 7 nitrogen and oxygen atoms in total. The van der Waals surface area contributed by atoms with Gasteiger partial charge in [-0.1, -0.05) is 17.7 Å². The molecule has 7 heteroatoms. The number of carboxylic acid groups (broad SMARTS) is 1. The number of aliphatic carboxylic acids is 1. The van der Waals surface area contributed by atoms with Crippen LogP contribution in [0.3, 0.4) is 0 Å². The molecule has 1 heterocycles. The van der Waals surface area contributed by atoms with E-state index in [0.29, 0.717) is 38.0 Å². The van der Waals surface area contributed by atoms with Gasteiger partial charge in [-0.15, -0.1) is 0 Å². The number of nitrogens with zero attached hydrogens (tertiary/aromatic N) is 1. The third-order valence-corrected chi connectivity index (χ3v) is 4.06. The summed E-state index contributed by atoms with van der Waals surface area (Å²) in [5, 5.41) is 14.5. The molecule has 0 saturated carbocycles. The fourth-order valence-corrected chi connectivity index (χ4v) is 2.63. The summed E-state index contributed by atoms with van der Waals surface area (Å²) in [4.78, 5) is 36.5. The lowest BCUT2D eigenvalue weighted by molar-refractivity contribution is -0.143. The monoisotopic (exact) mass is 333 g/mol. The average molecular weight is 333 g/mol. The number of likely N-dealkylation sites (tertiary alicyclic amines) is 1. The van der Waals surface area contributed by atoms with Crippen molar-refractivity contribution in [1.29, 1.82) is 0 Å². The van der Waals surface area contributed by atoms with E-state index in [-0.39, 0.29) is 18.5 Å². The van der Waals surface area contributed by atoms with Crippen LogP contribution in [0.5, 0.6) is 0 Å². The Labute approximate surface area is 141 Å². The number of hydrogen-bond acceptors (Lipinski definition) is 3. The van der Waals surface area contributed by atoms with E-state index in [0.717, 1.165) is 5.56 Å². The van der Waals surface area contributed by atoms with E-state index < -0.39 is 11.9 Å². The van der Waals surface area contributed by atoms with Crippen LogP contribution in [0.25, 0.3) is 0 Å². The van der Waals surface area contributed by atoms with Crippen LogP contribution in [0.15, 0.2) is 24.3 Å². The van der Waals surface area contributed by atoms with Crippen molar-refractivity contribution in [2.75, 3.05) is 26.2 Å². The third kappa shape index (κ3) is 4.97. The first-order valence-electron chi connectivity index (χ1n) is 8.08. The molecule has 3 N–H and O–H groups in total. The molecule has 1 aromatic rings. The van der Waals surface area contributed by atoms with Crippen LogP contribution in [0, 0.1) is 12.8 Å². The van der Waals surface area contributed by atoms with Gasteiger partial charge in [0.1, 0.15) is 0 Å². The van der Waals surface area contributed by atoms with Gasteiger partial charge >= 0.3 is 12.0 Å². The van der Waals surface area contributed by atoms with Crippen molar-refractivity contribution in [2.45, 2.75) is 19.8 Å². The van der Waals surface area contributed by atoms with Crippen LogP contribution in [-0.4, -0.2) is 54.1 Å². The number of urea groups is 1. The Morgan fingerprint density at radius 2 is 1.83 bits per heavy atom. The lowest BCUT2D eigenvalue weighted by Crippen LogP contribution is -2.48. The highest BCUT2D eigenvalue weighted by Gasteiger charge is 2.27. The maximum Gasteiger partial charge on any atom is 0.317 e. The zero-order chi connectivity index (χ0) is 17.5. The number of carbonyl (C=O) groups is 3. The van der Waals surface area contributed by atoms with Crippen molar-refractivity contribution in [3.63, 3.8) is 0 Å². The first kappa shape index (κ1) is 17.8. The Morgan fingerprint density at radius 3 is 2.50 bits per heavy atom. The smallest absolute Gasteiger partial charge is 0.317 e. The van der Waals surface area contributed by atoms with Gasteiger partial charge < -0.3 is 20.6 Å². The van der Waals surface area contributed by atoms with Crippen molar-refractivity contribution in [3.8, 4) is 0 Å². The molecule has 130 valence electrons. The topological polar surface area (TPSA) is 98.7 Å². The molecule has 0 bridgehead atoms. The predicted molar refractivity (Wildman–Crippen MR) is 88.8 cm³/mol. The molecule has 0 aliphatic carbocycles. The molecule has 0 radical (unpaired) electrons. The number of amides is 3. The highest BCUT2D eigenvalue weighted by molar-refractivity contribution is 5.94. The van der Waals surface area contributed by atoms with Crippen molar-refractivity contribution >= 4 is 17.9 Å². The maximum absolute atomic E-state index is 12.0. The summed E-state index contributed by atoms with van der Waals surface area (Å²) in [5.74, 6) is -1.54. The van der Waals surface area contributed by atoms with Crippen LogP contribution in [0.2, 0.25) is 0 Å². The summed E-state index contributed by atoms with van der Waals surface area (Å²) in [5.41, 5.74) is 1.66. The van der Waals surface area contributed by atoms with E-state index in [1.807, 2.05) is 19.1 Å². The second-order valence-electron chi connectivity index (χ2n) is 5.98. The van der Waals surface area contributed by atoms with Crippen LogP contribution in [-0.2, 0) is 4.79 Å². The summed E-state index contributed by atoms with van der Waals surface area (Å²) in [6.45, 7) is 3.36. The van der Waals surface area contributed by atoms with Crippen LogP contribution in [0.4, 0.5) is 4.79 Å². The number of rotatable bonds is 5. The zero-order valence-electron chi connectivity index (χ0n) is 13.7. The molecular formula is C17H23N3O4. The van der Waals surface area contributed by atoms with E-state index in [1.54, 1.807) is 12.1 Å². The molecule has 1 aliphatic heterocycles. The number of carbonyl (C=O) groups excluding carboxylic acids is 2. The lowest BCUT2D eigenvalue weighted by Gasteiger charge is -2.30. The van der Waals surface area contributed by atoms with Crippen molar-refractivity contribution in [1.82, 2.24) is 15.5 Å². The summed E-state index contributed by atoms with van der Waals surface area (Å²) in [6, 6.07) is 6.95. The summed E-state index contributed by atoms with van der Waals surface area (Å²) in [6.07, 6.45) is 1.29. The van der Waals surface area contributed by atoms with E-state index in [9.17, 15) is 14.4 Å². The lowest BCUT2D eigenvalue weighted by atomic mass is 9.99. The first-order valence-corrected chi connectivity index (χ1v) is 8.08. The first-order chi connectivity index (χ1) is 11.5. The minimum Gasteiger partial charge on any atom is -0.481 e. The molecule has 1 aromatic carbocycles. The number of aryl methyl sites for hydroxylation is 1. The molecule has 1 aliphatic rings. The van der Waals surface area contributed by atoms with Gasteiger partial charge in [0, 0.05) is 31.7 Å². The Balaban J connectivity index is 1.70. The molecule has 3 amide bonds. The van der Waals surface area contributed by atoms with Gasteiger partial charge in [-0.3, -0.25) is 9.59 Å². The molecule has 0 aromatic heterocycles. The molecular weight excluding hydrogens is 310 g/mol. The maximum atomic E-state index is 12.0. The standard InChI is InChI=1S/C17H23N3O4/c1-12-4-6-13(7-5-12)15(21)18-8-9-19-17(24)20-10-2-3-14(11-20)16(22)23/h4-7,14H,2-3,8-11H2,1H3,(H,18,21)(H,19,24)(H,22,23). The normalized spacial score (nSPS) is 17.2. The molecule has 1 saturated heterocycles. The summed E-state index contributed by atoms with van der Waals surface area (Å²) >= 11 is 0. The second kappa shape index (κ2) is 8.33. The van der Waals surface area contributed by atoms with Crippen LogP contribution >= 0.6 is 0 Å². The van der Waals surface area contributed by atoms with E-state index in [2.05, 4.69) is 10.6 Å². The summed E-state index contributed by atoms with van der Waals surface area (Å²) in [7, 11) is 0. The molecule has 2 rings (SSSR count). The molecule has 1 unspecified atom stereocenters. The minimum absolute atomic E-state index is 0.187. The molecule has 1 atom stereocenters. The Kier molecular flexibility index (Phi) is 6.17. The summed E-state index contributed by atoms with van der Waals surface area (Å²) < 4.78 is 0. The Morgan fingerprint density at radius 1 is 1.17 bits per heavy atom. The third-order valence-electron chi connectivity index (χ3n) is 4.06. The van der Waals surface area contributed by atoms with Gasteiger partial charge in [0.2, 0.25) is 0 Å². The van der Waals surface area contributed by atoms with Crippen molar-refractivity contribution in [3.05, 3.63) is 35.4 Å². The predicted octanol–water partition coefficient (Wildman–Crippen LogP) is 1.23. The highest BCUT2D eigenvalue weighted by Crippen LogP contribution is 2.16. The highest BCUT2D eigenvalue weighted by atomic mass is 16.4. The van der Waals surface area contributed by atoms with Gasteiger partial charge in [-0.2, -0.15) is 0 Å².